The van der Waals surface area contributed by atoms with E-state index < -0.39 is 4.92 Å². The predicted octanol–water partition coefficient (Wildman–Crippen LogP) is 4.12. The van der Waals surface area contributed by atoms with Crippen LogP contribution < -0.4 is 10.1 Å². The molecule has 0 unspecified atom stereocenters. The average molecular weight is 355 g/mol. The zero-order valence-electron chi connectivity index (χ0n) is 11.1. The molecule has 0 spiro atoms. The van der Waals surface area contributed by atoms with Gasteiger partial charge in [0.15, 0.2) is 0 Å². The molecule has 0 fully saturated rings. The zero-order valence-corrected chi connectivity index (χ0v) is 12.7. The number of nitrogens with one attached hydrogen (secondary N) is 1. The second-order valence-electron chi connectivity index (χ2n) is 4.24. The molecule has 7 heteroatoms. The number of hydrogen-bond acceptors (Lipinski definition) is 4. The topological polar surface area (TPSA) is 64.4 Å². The van der Waals surface area contributed by atoms with Crippen LogP contribution in [0.4, 0.5) is 15.8 Å². The fraction of sp³-hybridized carbons (Fsp3) is 0.143. The van der Waals surface area contributed by atoms with Crippen LogP contribution >= 0.6 is 15.9 Å². The maximum atomic E-state index is 13.2. The van der Waals surface area contributed by atoms with Crippen LogP contribution in [-0.4, -0.2) is 12.0 Å². The summed E-state index contributed by atoms with van der Waals surface area (Å²) >= 11 is 3.11. The summed E-state index contributed by atoms with van der Waals surface area (Å²) in [6.07, 6.45) is 0. The van der Waals surface area contributed by atoms with E-state index in [4.69, 9.17) is 4.74 Å². The molecular weight excluding hydrogens is 343 g/mol. The molecule has 0 aliphatic heterocycles. The number of nitrogens with zero attached hydrogens (tertiary/aromatic N) is 1. The third kappa shape index (κ3) is 3.69. The maximum Gasteiger partial charge on any atom is 0.271 e. The standard InChI is InChI=1S/C14H12BrFN2O3/c1-21-14-5-3-10(18(19)20)7-13(14)17-8-9-2-4-12(16)11(15)6-9/h2-7,17H,8H2,1H3. The molecule has 1 N–H and O–H groups in total. The molecule has 110 valence electrons. The molecule has 5 nitrogen and oxygen atoms in total. The number of non-ortho nitro benzene ring substituents is 1. The Bertz CT molecular complexity index is 679. The number of nitro groups is 1. The smallest absolute Gasteiger partial charge is 0.271 e. The van der Waals surface area contributed by atoms with Crippen molar-refractivity contribution in [2.75, 3.05) is 12.4 Å². The minimum absolute atomic E-state index is 0.0291. The molecule has 0 heterocycles. The Morgan fingerprint density at radius 2 is 2.10 bits per heavy atom. The number of benzene rings is 2. The van der Waals surface area contributed by atoms with E-state index in [-0.39, 0.29) is 11.5 Å². The highest BCUT2D eigenvalue weighted by atomic mass is 79.9. The van der Waals surface area contributed by atoms with Gasteiger partial charge < -0.3 is 10.1 Å². The van der Waals surface area contributed by atoms with Gasteiger partial charge in [-0.3, -0.25) is 10.1 Å². The first-order valence-corrected chi connectivity index (χ1v) is 6.81. The Morgan fingerprint density at radius 1 is 1.33 bits per heavy atom. The Hall–Kier alpha value is -2.15. The number of ether oxygens (including phenoxy) is 1. The lowest BCUT2D eigenvalue weighted by Gasteiger charge is -2.11. The van der Waals surface area contributed by atoms with Crippen molar-refractivity contribution < 1.29 is 14.1 Å². The van der Waals surface area contributed by atoms with Crippen molar-refractivity contribution in [3.63, 3.8) is 0 Å². The SMILES string of the molecule is COc1ccc([N+](=O)[O-])cc1NCc1ccc(F)c(Br)c1. The minimum Gasteiger partial charge on any atom is -0.495 e. The summed E-state index contributed by atoms with van der Waals surface area (Å²) < 4.78 is 18.7. The summed E-state index contributed by atoms with van der Waals surface area (Å²) in [4.78, 5) is 10.3. The number of methoxy groups -OCH3 is 1. The Morgan fingerprint density at radius 3 is 2.71 bits per heavy atom. The van der Waals surface area contributed by atoms with Gasteiger partial charge in [0.05, 0.1) is 22.2 Å². The molecule has 0 saturated heterocycles. The lowest BCUT2D eigenvalue weighted by atomic mass is 10.2. The number of anilines is 1. The third-order valence-corrected chi connectivity index (χ3v) is 3.47. The van der Waals surface area contributed by atoms with Crippen LogP contribution in [0.1, 0.15) is 5.56 Å². The summed E-state index contributed by atoms with van der Waals surface area (Å²) in [6, 6.07) is 8.94. The van der Waals surface area contributed by atoms with Crippen LogP contribution in [0.15, 0.2) is 40.9 Å². The van der Waals surface area contributed by atoms with Crippen molar-refractivity contribution in [1.29, 1.82) is 0 Å². The third-order valence-electron chi connectivity index (χ3n) is 2.86. The van der Waals surface area contributed by atoms with Crippen LogP contribution in [0.3, 0.4) is 0 Å². The van der Waals surface area contributed by atoms with Gasteiger partial charge in [-0.2, -0.15) is 0 Å². The van der Waals surface area contributed by atoms with E-state index in [1.807, 2.05) is 0 Å². The van der Waals surface area contributed by atoms with Gasteiger partial charge in [0.25, 0.3) is 5.69 Å². The first kappa shape index (κ1) is 15.2. The van der Waals surface area contributed by atoms with E-state index in [1.54, 1.807) is 12.1 Å². The number of hydrogen-bond donors (Lipinski definition) is 1. The molecule has 0 atom stereocenters. The van der Waals surface area contributed by atoms with E-state index >= 15 is 0 Å². The minimum atomic E-state index is -0.473. The quantitative estimate of drug-likeness (QED) is 0.647. The van der Waals surface area contributed by atoms with Crippen molar-refractivity contribution >= 4 is 27.3 Å². The Kier molecular flexibility index (Phi) is 4.74. The van der Waals surface area contributed by atoms with Crippen LogP contribution in [0.5, 0.6) is 5.75 Å². The fourth-order valence-electron chi connectivity index (χ4n) is 1.79. The van der Waals surface area contributed by atoms with Crippen LogP contribution in [0, 0.1) is 15.9 Å². The van der Waals surface area contributed by atoms with Crippen molar-refractivity contribution in [3.8, 4) is 5.75 Å². The van der Waals surface area contributed by atoms with Crippen LogP contribution in [-0.2, 0) is 6.54 Å². The Balaban J connectivity index is 2.19. The molecule has 2 rings (SSSR count). The van der Waals surface area contributed by atoms with Gasteiger partial charge in [0, 0.05) is 18.7 Å². The second kappa shape index (κ2) is 6.53. The summed E-state index contributed by atoms with van der Waals surface area (Å²) in [6.45, 7) is 0.385. The molecule has 0 saturated carbocycles. The number of nitro benzene ring substituents is 1. The summed E-state index contributed by atoms with van der Waals surface area (Å²) in [5.74, 6) is 0.161. The molecule has 0 aliphatic rings. The molecule has 0 radical (unpaired) electrons. The van der Waals surface area contributed by atoms with Crippen molar-refractivity contribution in [1.82, 2.24) is 0 Å². The first-order chi connectivity index (χ1) is 10.0. The Labute approximate surface area is 129 Å². The van der Waals surface area contributed by atoms with E-state index in [2.05, 4.69) is 21.2 Å². The van der Waals surface area contributed by atoms with Gasteiger partial charge in [0.1, 0.15) is 11.6 Å². The van der Waals surface area contributed by atoms with Gasteiger partial charge in [-0.1, -0.05) is 6.07 Å². The van der Waals surface area contributed by atoms with E-state index in [0.717, 1.165) is 5.56 Å². The van der Waals surface area contributed by atoms with Gasteiger partial charge in [-0.05, 0) is 39.7 Å². The lowest BCUT2D eigenvalue weighted by molar-refractivity contribution is -0.384. The van der Waals surface area contributed by atoms with Gasteiger partial charge in [0.2, 0.25) is 0 Å². The molecular formula is C14H12BrFN2O3. The maximum absolute atomic E-state index is 13.2. The monoisotopic (exact) mass is 354 g/mol. The highest BCUT2D eigenvalue weighted by Crippen LogP contribution is 2.29. The summed E-state index contributed by atoms with van der Waals surface area (Å²) in [5.41, 5.74) is 1.31. The van der Waals surface area contributed by atoms with Crippen molar-refractivity contribution in [3.05, 3.63) is 62.4 Å². The summed E-state index contributed by atoms with van der Waals surface area (Å²) in [7, 11) is 1.49. The second-order valence-corrected chi connectivity index (χ2v) is 5.10. The van der Waals surface area contributed by atoms with Gasteiger partial charge in [-0.15, -0.1) is 0 Å². The molecule has 0 aromatic heterocycles. The van der Waals surface area contributed by atoms with Crippen molar-refractivity contribution in [2.24, 2.45) is 0 Å². The zero-order chi connectivity index (χ0) is 15.4. The lowest BCUT2D eigenvalue weighted by Crippen LogP contribution is -2.02. The van der Waals surface area contributed by atoms with Gasteiger partial charge in [-0.25, -0.2) is 4.39 Å². The molecule has 2 aromatic rings. The van der Waals surface area contributed by atoms with Crippen molar-refractivity contribution in [2.45, 2.75) is 6.54 Å². The predicted molar refractivity (Wildman–Crippen MR) is 81.1 cm³/mol. The van der Waals surface area contributed by atoms with Crippen LogP contribution in [0.25, 0.3) is 0 Å². The van der Waals surface area contributed by atoms with E-state index in [0.29, 0.717) is 22.5 Å². The van der Waals surface area contributed by atoms with Crippen LogP contribution in [0.2, 0.25) is 0 Å². The largest absolute Gasteiger partial charge is 0.495 e. The highest BCUT2D eigenvalue weighted by Gasteiger charge is 2.11. The highest BCUT2D eigenvalue weighted by molar-refractivity contribution is 9.10. The summed E-state index contributed by atoms with van der Waals surface area (Å²) in [5, 5.41) is 13.8. The fourth-order valence-corrected chi connectivity index (χ4v) is 2.22. The molecule has 0 aliphatic carbocycles. The average Bonchev–Trinajstić information content (AvgIpc) is 2.48. The molecule has 21 heavy (non-hydrogen) atoms. The number of halogens is 2. The normalized spacial score (nSPS) is 10.2. The van der Waals surface area contributed by atoms with E-state index in [1.165, 1.54) is 31.4 Å². The number of rotatable bonds is 5. The molecule has 0 amide bonds. The van der Waals surface area contributed by atoms with E-state index in [9.17, 15) is 14.5 Å². The molecule has 2 aromatic carbocycles. The first-order valence-electron chi connectivity index (χ1n) is 6.01. The van der Waals surface area contributed by atoms with Gasteiger partial charge >= 0.3 is 0 Å². The molecule has 0 bridgehead atoms.